The molecule has 11 rings (SSSR count). The van der Waals surface area contributed by atoms with Gasteiger partial charge in [-0.3, -0.25) is 39.4 Å². The summed E-state index contributed by atoms with van der Waals surface area (Å²) in [6.07, 6.45) is 4.26. The van der Waals surface area contributed by atoms with E-state index in [2.05, 4.69) is 260 Å². The highest BCUT2D eigenvalue weighted by Gasteiger charge is 2.20. The molecular weight excluding hydrogens is 1060 g/mol. The second-order valence-corrected chi connectivity index (χ2v) is 23.7. The van der Waals surface area contributed by atoms with Crippen molar-refractivity contribution in [3.63, 3.8) is 0 Å². The normalized spacial score (nSPS) is 16.2. The molecule has 0 saturated heterocycles. The molecule has 2 aromatic heterocycles. The first kappa shape index (κ1) is 59.9. The molecule has 0 saturated carbocycles. The highest BCUT2D eigenvalue weighted by atomic mass is 16.5. The molecule has 2 aliphatic rings. The lowest BCUT2D eigenvalue weighted by atomic mass is 10.1. The Balaban J connectivity index is 0.812. The van der Waals surface area contributed by atoms with E-state index >= 15 is 0 Å². The van der Waals surface area contributed by atoms with E-state index in [4.69, 9.17) is 19.4 Å². The molecule has 0 unspecified atom stereocenters. The van der Waals surface area contributed by atoms with E-state index in [9.17, 15) is 0 Å². The third kappa shape index (κ3) is 19.6. The standard InChI is InChI=1S/C76H86N8O2/c1-7-24-63(25-8-1)51-79-38-20-42-81(53-65-28-11-3-12-29-65)57-71-47-75(48-72(77-71)58-82(43-21-39-79)54-66-30-13-4-14-31-66)85-61-69-36-19-37-70(46-69)62-86-76-49-73-59-83(55-67-32-15-5-16-33-67)44-22-40-80(52-64-26-9-2-10-27-64)41-23-45-84(60-74(50-76)78-73)56-68-34-17-6-18-35-68/h1-19,24-37,46-50H,20-23,38-45,51-62H2. The van der Waals surface area contributed by atoms with Gasteiger partial charge in [0.2, 0.25) is 0 Å². The van der Waals surface area contributed by atoms with Crippen LogP contribution in [-0.2, 0) is 78.7 Å². The van der Waals surface area contributed by atoms with Crippen molar-refractivity contribution in [3.05, 3.63) is 298 Å². The zero-order valence-electron chi connectivity index (χ0n) is 50.3. The number of rotatable bonds is 18. The number of benzene rings is 7. The van der Waals surface area contributed by atoms with Gasteiger partial charge in [-0.15, -0.1) is 0 Å². The van der Waals surface area contributed by atoms with Crippen LogP contribution in [0, 0.1) is 0 Å². The van der Waals surface area contributed by atoms with E-state index < -0.39 is 0 Å². The molecule has 86 heavy (non-hydrogen) atoms. The Labute approximate surface area is 512 Å². The van der Waals surface area contributed by atoms with Gasteiger partial charge in [0.15, 0.2) is 0 Å². The minimum Gasteiger partial charge on any atom is -0.489 e. The fraction of sp³-hybridized carbons (Fsp3) is 0.316. The molecule has 10 heteroatoms. The minimum atomic E-state index is 0.428. The van der Waals surface area contributed by atoms with Crippen molar-refractivity contribution in [2.75, 3.05) is 52.4 Å². The summed E-state index contributed by atoms with van der Waals surface area (Å²) in [4.78, 5) is 26.4. The fourth-order valence-corrected chi connectivity index (χ4v) is 12.3. The fourth-order valence-electron chi connectivity index (χ4n) is 12.3. The first-order valence-corrected chi connectivity index (χ1v) is 31.4. The average Bonchev–Trinajstić information content (AvgIpc) is 3.68. The lowest BCUT2D eigenvalue weighted by molar-refractivity contribution is 0.188. The zero-order valence-corrected chi connectivity index (χ0v) is 50.3. The van der Waals surface area contributed by atoms with Crippen molar-refractivity contribution in [3.8, 4) is 11.5 Å². The van der Waals surface area contributed by atoms with E-state index in [0.29, 0.717) is 13.2 Å². The monoisotopic (exact) mass is 1140 g/mol. The Morgan fingerprint density at radius 1 is 0.244 bits per heavy atom. The molecular formula is C76H86N8O2. The summed E-state index contributed by atoms with van der Waals surface area (Å²) in [6, 6.07) is 82.9. The first-order chi connectivity index (χ1) is 42.5. The molecule has 442 valence electrons. The van der Waals surface area contributed by atoms with Gasteiger partial charge >= 0.3 is 0 Å². The lowest BCUT2D eigenvalue weighted by Gasteiger charge is -2.29. The topological polar surface area (TPSA) is 63.7 Å². The van der Waals surface area contributed by atoms with Gasteiger partial charge in [0.25, 0.3) is 0 Å². The molecule has 9 aromatic rings. The van der Waals surface area contributed by atoms with E-state index in [0.717, 1.165) is 189 Å². The Hall–Kier alpha value is -7.80. The number of nitrogens with zero attached hydrogens (tertiary/aromatic N) is 8. The van der Waals surface area contributed by atoms with Crippen molar-refractivity contribution in [1.29, 1.82) is 0 Å². The number of fused-ring (bicyclic) bond motifs is 4. The van der Waals surface area contributed by atoms with Crippen molar-refractivity contribution in [2.45, 2.75) is 104 Å². The Morgan fingerprint density at radius 2 is 0.465 bits per heavy atom. The zero-order chi connectivity index (χ0) is 58.2. The second-order valence-electron chi connectivity index (χ2n) is 23.7. The van der Waals surface area contributed by atoms with E-state index in [1.807, 2.05) is 0 Å². The molecule has 0 radical (unpaired) electrons. The van der Waals surface area contributed by atoms with Gasteiger partial charge in [0, 0.05) is 116 Å². The maximum Gasteiger partial charge on any atom is 0.123 e. The predicted molar refractivity (Wildman–Crippen MR) is 348 cm³/mol. The summed E-state index contributed by atoms with van der Waals surface area (Å²) < 4.78 is 13.7. The van der Waals surface area contributed by atoms with Crippen LogP contribution in [0.1, 0.15) is 93.0 Å². The maximum atomic E-state index is 6.84. The molecule has 0 aliphatic carbocycles. The van der Waals surface area contributed by atoms with Crippen LogP contribution in [0.4, 0.5) is 0 Å². The molecule has 4 bridgehead atoms. The quantitative estimate of drug-likeness (QED) is 0.0830. The van der Waals surface area contributed by atoms with Crippen LogP contribution in [0.25, 0.3) is 0 Å². The molecule has 0 spiro atoms. The lowest BCUT2D eigenvalue weighted by Crippen LogP contribution is -2.33. The smallest absolute Gasteiger partial charge is 0.123 e. The molecule has 4 heterocycles. The summed E-state index contributed by atoms with van der Waals surface area (Å²) in [7, 11) is 0. The summed E-state index contributed by atoms with van der Waals surface area (Å²) >= 11 is 0. The van der Waals surface area contributed by atoms with Gasteiger partial charge in [-0.25, -0.2) is 0 Å². The summed E-state index contributed by atoms with van der Waals surface area (Å²) in [6.45, 7) is 17.1. The molecule has 0 amide bonds. The molecule has 0 fully saturated rings. The number of ether oxygens (including phenoxy) is 2. The van der Waals surface area contributed by atoms with Gasteiger partial charge in [0.05, 0.1) is 22.8 Å². The molecule has 0 atom stereocenters. The Morgan fingerprint density at radius 3 is 0.721 bits per heavy atom. The summed E-state index contributed by atoms with van der Waals surface area (Å²) in [5, 5.41) is 0. The predicted octanol–water partition coefficient (Wildman–Crippen LogP) is 14.2. The SMILES string of the molecule is c1ccc(CN2CCCN(Cc3ccccc3)Cc3cc(OCc4cccc(COc5cc6nc(c5)CN(Cc5ccccc5)CCCN(Cc5ccccc5)CCCN(Cc5ccccc5)C6)c4)cc(n3)CN(Cc3ccccc3)CCC2)cc1. The maximum absolute atomic E-state index is 6.84. The molecule has 2 aliphatic heterocycles. The van der Waals surface area contributed by atoms with Crippen LogP contribution in [0.5, 0.6) is 11.5 Å². The van der Waals surface area contributed by atoms with E-state index in [-0.39, 0.29) is 0 Å². The van der Waals surface area contributed by atoms with Crippen LogP contribution >= 0.6 is 0 Å². The number of hydrogen-bond acceptors (Lipinski definition) is 10. The average molecular weight is 1140 g/mol. The van der Waals surface area contributed by atoms with Gasteiger partial charge in [-0.1, -0.05) is 200 Å². The van der Waals surface area contributed by atoms with Crippen LogP contribution in [0.15, 0.2) is 231 Å². The van der Waals surface area contributed by atoms with Crippen LogP contribution in [-0.4, -0.2) is 91.7 Å². The molecule has 10 nitrogen and oxygen atoms in total. The van der Waals surface area contributed by atoms with Gasteiger partial charge in [-0.2, -0.15) is 0 Å². The number of hydrogen-bond donors (Lipinski definition) is 0. The van der Waals surface area contributed by atoms with Crippen molar-refractivity contribution < 1.29 is 9.47 Å². The molecule has 7 aromatic carbocycles. The number of pyridine rings is 2. The third-order valence-corrected chi connectivity index (χ3v) is 16.4. The first-order valence-electron chi connectivity index (χ1n) is 31.4. The third-order valence-electron chi connectivity index (χ3n) is 16.4. The van der Waals surface area contributed by atoms with Crippen molar-refractivity contribution in [2.24, 2.45) is 0 Å². The van der Waals surface area contributed by atoms with E-state index in [1.165, 1.54) is 33.4 Å². The van der Waals surface area contributed by atoms with E-state index in [1.54, 1.807) is 0 Å². The highest BCUT2D eigenvalue weighted by Crippen LogP contribution is 2.25. The largest absolute Gasteiger partial charge is 0.489 e. The Bertz CT molecular complexity index is 3020. The van der Waals surface area contributed by atoms with Crippen LogP contribution < -0.4 is 9.47 Å². The minimum absolute atomic E-state index is 0.428. The van der Waals surface area contributed by atoms with Crippen molar-refractivity contribution >= 4 is 0 Å². The second kappa shape index (κ2) is 32.1. The summed E-state index contributed by atoms with van der Waals surface area (Å²) in [5.41, 5.74) is 14.3. The number of aromatic nitrogens is 2. The van der Waals surface area contributed by atoms with Crippen LogP contribution in [0.2, 0.25) is 0 Å². The van der Waals surface area contributed by atoms with Gasteiger partial charge in [-0.05, 0) is 102 Å². The van der Waals surface area contributed by atoms with Gasteiger partial charge in [0.1, 0.15) is 24.7 Å². The summed E-state index contributed by atoms with van der Waals surface area (Å²) in [5.74, 6) is 1.70. The van der Waals surface area contributed by atoms with Crippen LogP contribution in [0.3, 0.4) is 0 Å². The van der Waals surface area contributed by atoms with Crippen molar-refractivity contribution in [1.82, 2.24) is 39.4 Å². The highest BCUT2D eigenvalue weighted by molar-refractivity contribution is 5.32. The van der Waals surface area contributed by atoms with Gasteiger partial charge < -0.3 is 9.47 Å². The Kier molecular flexibility index (Phi) is 22.4. The molecule has 0 N–H and O–H groups in total.